The summed E-state index contributed by atoms with van der Waals surface area (Å²) < 4.78 is 5.34. The summed E-state index contributed by atoms with van der Waals surface area (Å²) in [5.41, 5.74) is 0.0915. The molecule has 27 heavy (non-hydrogen) atoms. The number of aryl methyl sites for hydroxylation is 1. The Hall–Kier alpha value is -2.40. The molecule has 1 aliphatic carbocycles. The molecular formula is C19H25N3O4S. The second-order valence-electron chi connectivity index (χ2n) is 6.96. The number of thiophene rings is 1. The predicted octanol–water partition coefficient (Wildman–Crippen LogP) is 3.21. The van der Waals surface area contributed by atoms with E-state index in [4.69, 9.17) is 4.74 Å². The number of ether oxygens (including phenoxy) is 1. The van der Waals surface area contributed by atoms with Crippen LogP contribution in [0.25, 0.3) is 0 Å². The van der Waals surface area contributed by atoms with Gasteiger partial charge < -0.3 is 15.4 Å². The molecule has 2 rings (SSSR count). The van der Waals surface area contributed by atoms with Crippen molar-refractivity contribution in [1.82, 2.24) is 5.32 Å². The number of esters is 1. The number of carbonyl (C=O) groups excluding carboxylic acids is 3. The highest BCUT2D eigenvalue weighted by Gasteiger charge is 2.36. The van der Waals surface area contributed by atoms with Crippen molar-refractivity contribution in [2.45, 2.75) is 71.4 Å². The summed E-state index contributed by atoms with van der Waals surface area (Å²) in [6.07, 6.45) is 2.98. The number of anilines is 1. The van der Waals surface area contributed by atoms with E-state index in [-0.39, 0.29) is 11.5 Å². The monoisotopic (exact) mass is 391 g/mol. The highest BCUT2D eigenvalue weighted by atomic mass is 32.1. The van der Waals surface area contributed by atoms with E-state index in [0.717, 1.165) is 24.1 Å². The summed E-state index contributed by atoms with van der Waals surface area (Å²) in [5, 5.41) is 15.3. The third kappa shape index (κ3) is 4.86. The zero-order valence-corrected chi connectivity index (χ0v) is 16.9. The first kappa shape index (κ1) is 20.9. The summed E-state index contributed by atoms with van der Waals surface area (Å²) in [7, 11) is 0. The van der Waals surface area contributed by atoms with Crippen LogP contribution >= 0.6 is 11.3 Å². The van der Waals surface area contributed by atoms with Gasteiger partial charge in [0, 0.05) is 11.8 Å². The molecule has 0 aromatic carbocycles. The molecule has 8 heteroatoms. The standard InChI is InChI=1S/C19H25N3O4S/c1-11-13(3)27-17(21-14(4)23)15(11)18(25)26-12(2)16(24)22-19(10-20)8-6-5-7-9-19/h12H,5-9H2,1-4H3,(H,21,23)(H,22,24)/t12-/m1/s1. The Bertz CT molecular complexity index is 788. The Kier molecular flexibility index (Phi) is 6.60. The molecule has 2 amide bonds. The Balaban J connectivity index is 2.10. The fraction of sp³-hybridized carbons (Fsp3) is 0.579. The lowest BCUT2D eigenvalue weighted by molar-refractivity contribution is -0.130. The van der Waals surface area contributed by atoms with Crippen molar-refractivity contribution >= 4 is 34.1 Å². The Morgan fingerprint density at radius 2 is 1.85 bits per heavy atom. The van der Waals surface area contributed by atoms with E-state index in [9.17, 15) is 19.6 Å². The number of nitrogens with one attached hydrogen (secondary N) is 2. The average Bonchev–Trinajstić information content (AvgIpc) is 2.88. The molecule has 1 saturated carbocycles. The number of hydrogen-bond donors (Lipinski definition) is 2. The maximum absolute atomic E-state index is 12.6. The Labute approximate surface area is 163 Å². The predicted molar refractivity (Wildman–Crippen MR) is 103 cm³/mol. The minimum absolute atomic E-state index is 0.264. The van der Waals surface area contributed by atoms with E-state index in [1.54, 1.807) is 6.92 Å². The number of nitrogens with zero attached hydrogens (tertiary/aromatic N) is 1. The number of hydrogen-bond acceptors (Lipinski definition) is 6. The van der Waals surface area contributed by atoms with Crippen molar-refractivity contribution in [2.75, 3.05) is 5.32 Å². The summed E-state index contributed by atoms with van der Waals surface area (Å²) in [5.74, 6) is -1.44. The molecule has 0 bridgehead atoms. The minimum atomic E-state index is -1.05. The smallest absolute Gasteiger partial charge is 0.342 e. The van der Waals surface area contributed by atoms with Crippen LogP contribution in [0.5, 0.6) is 0 Å². The zero-order valence-electron chi connectivity index (χ0n) is 16.1. The van der Waals surface area contributed by atoms with Gasteiger partial charge in [-0.05, 0) is 39.2 Å². The molecule has 146 valence electrons. The second-order valence-corrected chi connectivity index (χ2v) is 8.18. The lowest BCUT2D eigenvalue weighted by Gasteiger charge is -2.32. The normalized spacial score (nSPS) is 16.7. The van der Waals surface area contributed by atoms with Crippen molar-refractivity contribution < 1.29 is 19.1 Å². The van der Waals surface area contributed by atoms with Crippen LogP contribution in [0.2, 0.25) is 0 Å². The van der Waals surface area contributed by atoms with E-state index in [0.29, 0.717) is 23.4 Å². The fourth-order valence-corrected chi connectivity index (χ4v) is 4.25. The highest BCUT2D eigenvalue weighted by molar-refractivity contribution is 7.16. The molecule has 1 aliphatic rings. The van der Waals surface area contributed by atoms with Crippen LogP contribution in [0.1, 0.15) is 66.8 Å². The van der Waals surface area contributed by atoms with Crippen molar-refractivity contribution in [3.8, 4) is 6.07 Å². The fourth-order valence-electron chi connectivity index (χ4n) is 3.15. The number of rotatable bonds is 5. The molecule has 1 heterocycles. The molecule has 0 aliphatic heterocycles. The van der Waals surface area contributed by atoms with E-state index in [1.165, 1.54) is 25.2 Å². The molecule has 1 atom stereocenters. The van der Waals surface area contributed by atoms with Crippen molar-refractivity contribution in [1.29, 1.82) is 5.26 Å². The van der Waals surface area contributed by atoms with Gasteiger partial charge in [-0.1, -0.05) is 19.3 Å². The quantitative estimate of drug-likeness (QED) is 0.749. The summed E-state index contributed by atoms with van der Waals surface area (Å²) in [6.45, 7) is 6.46. The number of amides is 2. The topological polar surface area (TPSA) is 108 Å². The molecule has 0 saturated heterocycles. The van der Waals surface area contributed by atoms with Crippen LogP contribution in [-0.2, 0) is 14.3 Å². The maximum atomic E-state index is 12.6. The van der Waals surface area contributed by atoms with Crippen LogP contribution in [0, 0.1) is 25.2 Å². The van der Waals surface area contributed by atoms with Gasteiger partial charge in [-0.3, -0.25) is 9.59 Å². The van der Waals surface area contributed by atoms with Gasteiger partial charge in [0.25, 0.3) is 5.91 Å². The molecule has 1 aromatic heterocycles. The van der Waals surface area contributed by atoms with Crippen LogP contribution in [0.3, 0.4) is 0 Å². The van der Waals surface area contributed by atoms with Crippen molar-refractivity contribution in [3.63, 3.8) is 0 Å². The Morgan fingerprint density at radius 1 is 1.22 bits per heavy atom. The molecule has 7 nitrogen and oxygen atoms in total. The van der Waals surface area contributed by atoms with E-state index in [1.807, 2.05) is 6.92 Å². The largest absolute Gasteiger partial charge is 0.449 e. The molecule has 0 unspecified atom stereocenters. The SMILES string of the molecule is CC(=O)Nc1sc(C)c(C)c1C(=O)O[C@H](C)C(=O)NC1(C#N)CCCCC1. The number of nitriles is 1. The minimum Gasteiger partial charge on any atom is -0.449 e. The van der Waals surface area contributed by atoms with Crippen LogP contribution in [0.15, 0.2) is 0 Å². The van der Waals surface area contributed by atoms with E-state index < -0.39 is 23.5 Å². The molecule has 1 fully saturated rings. The zero-order chi connectivity index (χ0) is 20.2. The first-order valence-electron chi connectivity index (χ1n) is 9.01. The average molecular weight is 391 g/mol. The van der Waals surface area contributed by atoms with Gasteiger partial charge in [0.05, 0.1) is 11.6 Å². The molecule has 0 radical (unpaired) electrons. The van der Waals surface area contributed by atoms with Gasteiger partial charge in [-0.2, -0.15) is 5.26 Å². The van der Waals surface area contributed by atoms with Crippen LogP contribution < -0.4 is 10.6 Å². The van der Waals surface area contributed by atoms with E-state index >= 15 is 0 Å². The first-order valence-corrected chi connectivity index (χ1v) is 9.82. The molecule has 0 spiro atoms. The van der Waals surface area contributed by atoms with Gasteiger partial charge >= 0.3 is 5.97 Å². The number of carbonyl (C=O) groups is 3. The highest BCUT2D eigenvalue weighted by Crippen LogP contribution is 2.33. The van der Waals surface area contributed by atoms with E-state index in [2.05, 4.69) is 16.7 Å². The second kappa shape index (κ2) is 8.53. The molecular weight excluding hydrogens is 366 g/mol. The third-order valence-electron chi connectivity index (χ3n) is 4.82. The summed E-state index contributed by atoms with van der Waals surface area (Å²) >= 11 is 1.29. The van der Waals surface area contributed by atoms with Crippen molar-refractivity contribution in [2.24, 2.45) is 0 Å². The lowest BCUT2D eigenvalue weighted by atomic mass is 9.83. The summed E-state index contributed by atoms with van der Waals surface area (Å²) in [4.78, 5) is 37.4. The van der Waals surface area contributed by atoms with Crippen LogP contribution in [0.4, 0.5) is 5.00 Å². The first-order chi connectivity index (χ1) is 12.7. The Morgan fingerprint density at radius 3 is 2.41 bits per heavy atom. The van der Waals surface area contributed by atoms with Gasteiger partial charge in [0.1, 0.15) is 10.5 Å². The van der Waals surface area contributed by atoms with Gasteiger partial charge in [-0.15, -0.1) is 11.3 Å². The maximum Gasteiger partial charge on any atom is 0.342 e. The van der Waals surface area contributed by atoms with Crippen LogP contribution in [-0.4, -0.2) is 29.4 Å². The summed E-state index contributed by atoms with van der Waals surface area (Å²) in [6, 6.07) is 2.21. The molecule has 1 aromatic rings. The van der Waals surface area contributed by atoms with Gasteiger partial charge in [-0.25, -0.2) is 4.79 Å². The van der Waals surface area contributed by atoms with Gasteiger partial charge in [0.2, 0.25) is 5.91 Å². The van der Waals surface area contributed by atoms with Crippen molar-refractivity contribution in [3.05, 3.63) is 16.0 Å². The van der Waals surface area contributed by atoms with Gasteiger partial charge in [0.15, 0.2) is 6.10 Å². The third-order valence-corrected chi connectivity index (χ3v) is 5.94. The molecule has 2 N–H and O–H groups in total. The lowest BCUT2D eigenvalue weighted by Crippen LogP contribution is -2.52.